The Kier molecular flexibility index (Phi) is 3.50. The number of rotatable bonds is 4. The van der Waals surface area contributed by atoms with Crippen molar-refractivity contribution in [2.75, 3.05) is 0 Å². The summed E-state index contributed by atoms with van der Waals surface area (Å²) in [5, 5.41) is 1.27. The smallest absolute Gasteiger partial charge is 0.0704 e. The first-order valence-electron chi connectivity index (χ1n) is 6.66. The molecule has 0 aliphatic rings. The van der Waals surface area contributed by atoms with Crippen LogP contribution in [0.25, 0.3) is 10.9 Å². The van der Waals surface area contributed by atoms with Crippen molar-refractivity contribution in [1.82, 2.24) is 9.97 Å². The fraction of sp³-hybridized carbons (Fsp3) is 0.176. The van der Waals surface area contributed by atoms with Crippen molar-refractivity contribution < 1.29 is 0 Å². The summed E-state index contributed by atoms with van der Waals surface area (Å²) < 4.78 is 0. The highest BCUT2D eigenvalue weighted by molar-refractivity contribution is 5.81. The van der Waals surface area contributed by atoms with Crippen molar-refractivity contribution in [3.8, 4) is 0 Å². The van der Waals surface area contributed by atoms with Gasteiger partial charge in [-0.2, -0.15) is 0 Å². The number of nitrogens with zero attached hydrogens (tertiary/aromatic N) is 2. The maximum Gasteiger partial charge on any atom is 0.0704 e. The van der Waals surface area contributed by atoms with Crippen LogP contribution in [0.15, 0.2) is 60.9 Å². The lowest BCUT2D eigenvalue weighted by Gasteiger charge is -2.05. The fourth-order valence-corrected chi connectivity index (χ4v) is 2.38. The lowest BCUT2D eigenvalue weighted by molar-refractivity contribution is 0.802. The van der Waals surface area contributed by atoms with E-state index in [2.05, 4.69) is 40.3 Å². The van der Waals surface area contributed by atoms with E-state index < -0.39 is 0 Å². The zero-order chi connectivity index (χ0) is 12.9. The Morgan fingerprint density at radius 1 is 0.737 bits per heavy atom. The molecule has 0 fully saturated rings. The van der Waals surface area contributed by atoms with E-state index in [0.29, 0.717) is 0 Å². The molecular weight excluding hydrogens is 232 g/mol. The lowest BCUT2D eigenvalue weighted by Crippen LogP contribution is -1.94. The molecule has 1 aromatic carbocycles. The molecule has 0 radical (unpaired) electrons. The van der Waals surface area contributed by atoms with E-state index in [1.54, 1.807) is 0 Å². The van der Waals surface area contributed by atoms with Gasteiger partial charge in [0.05, 0.1) is 5.52 Å². The van der Waals surface area contributed by atoms with Crippen LogP contribution in [0, 0.1) is 0 Å². The van der Waals surface area contributed by atoms with Gasteiger partial charge in [0.1, 0.15) is 0 Å². The fourth-order valence-electron chi connectivity index (χ4n) is 2.38. The molecule has 0 amide bonds. The molecule has 0 aliphatic heterocycles. The molecule has 0 aliphatic carbocycles. The molecule has 2 aromatic heterocycles. The highest BCUT2D eigenvalue weighted by Crippen LogP contribution is 2.18. The van der Waals surface area contributed by atoms with Crippen LogP contribution in [0.5, 0.6) is 0 Å². The topological polar surface area (TPSA) is 25.8 Å². The molecule has 0 spiro atoms. The van der Waals surface area contributed by atoms with Crippen LogP contribution in [0.4, 0.5) is 0 Å². The monoisotopic (exact) mass is 248 g/mol. The molecular formula is C17H16N2. The van der Waals surface area contributed by atoms with Crippen molar-refractivity contribution >= 4 is 10.9 Å². The quantitative estimate of drug-likeness (QED) is 0.701. The summed E-state index contributed by atoms with van der Waals surface area (Å²) in [6.45, 7) is 0. The average molecular weight is 248 g/mol. The molecule has 3 aromatic rings. The van der Waals surface area contributed by atoms with Gasteiger partial charge in [0.2, 0.25) is 0 Å². The number of para-hydroxylation sites is 1. The standard InChI is InChI=1S/C17H16N2/c1-2-10-17-16(9-1)14(11-13-19-17)6-5-8-15-7-3-4-12-18-15/h1-4,7,9-13H,5-6,8H2. The first-order chi connectivity index (χ1) is 9.43. The Labute approximate surface area is 113 Å². The van der Waals surface area contributed by atoms with Crippen LogP contribution in [-0.4, -0.2) is 9.97 Å². The van der Waals surface area contributed by atoms with Crippen LogP contribution in [0.1, 0.15) is 17.7 Å². The van der Waals surface area contributed by atoms with Gasteiger partial charge in [-0.3, -0.25) is 9.97 Å². The third kappa shape index (κ3) is 2.79. The summed E-state index contributed by atoms with van der Waals surface area (Å²) in [6, 6.07) is 16.5. The molecule has 0 saturated carbocycles. The maximum absolute atomic E-state index is 4.40. The first kappa shape index (κ1) is 11.8. The van der Waals surface area contributed by atoms with Crippen LogP contribution in [-0.2, 0) is 12.8 Å². The number of aromatic nitrogens is 2. The van der Waals surface area contributed by atoms with Crippen LogP contribution in [0.3, 0.4) is 0 Å². The maximum atomic E-state index is 4.40. The van der Waals surface area contributed by atoms with Crippen molar-refractivity contribution in [2.24, 2.45) is 0 Å². The molecule has 2 heterocycles. The van der Waals surface area contributed by atoms with Gasteiger partial charge >= 0.3 is 0 Å². The van der Waals surface area contributed by atoms with Gasteiger partial charge in [-0.05, 0) is 49.1 Å². The van der Waals surface area contributed by atoms with Gasteiger partial charge in [-0.15, -0.1) is 0 Å². The molecule has 0 saturated heterocycles. The van der Waals surface area contributed by atoms with E-state index in [9.17, 15) is 0 Å². The van der Waals surface area contributed by atoms with E-state index in [1.807, 2.05) is 30.6 Å². The number of fused-ring (bicyclic) bond motifs is 1. The van der Waals surface area contributed by atoms with Crippen molar-refractivity contribution in [3.63, 3.8) is 0 Å². The van der Waals surface area contributed by atoms with Crippen molar-refractivity contribution in [1.29, 1.82) is 0 Å². The molecule has 2 nitrogen and oxygen atoms in total. The second kappa shape index (κ2) is 5.61. The first-order valence-corrected chi connectivity index (χ1v) is 6.66. The second-order valence-corrected chi connectivity index (χ2v) is 4.66. The van der Waals surface area contributed by atoms with Gasteiger partial charge in [0.25, 0.3) is 0 Å². The Hall–Kier alpha value is -2.22. The van der Waals surface area contributed by atoms with E-state index in [1.165, 1.54) is 16.6 Å². The number of benzene rings is 1. The molecule has 3 rings (SSSR count). The summed E-state index contributed by atoms with van der Waals surface area (Å²) in [6.07, 6.45) is 6.97. The van der Waals surface area contributed by atoms with E-state index >= 15 is 0 Å². The van der Waals surface area contributed by atoms with Gasteiger partial charge in [-0.1, -0.05) is 24.3 Å². The molecule has 0 N–H and O–H groups in total. The van der Waals surface area contributed by atoms with Crippen LogP contribution >= 0.6 is 0 Å². The Morgan fingerprint density at radius 3 is 2.53 bits per heavy atom. The molecule has 0 atom stereocenters. The van der Waals surface area contributed by atoms with E-state index in [-0.39, 0.29) is 0 Å². The minimum atomic E-state index is 1.03. The highest BCUT2D eigenvalue weighted by atomic mass is 14.7. The highest BCUT2D eigenvalue weighted by Gasteiger charge is 2.01. The predicted octanol–water partition coefficient (Wildman–Crippen LogP) is 3.81. The summed E-state index contributed by atoms with van der Waals surface area (Å²) in [5.74, 6) is 0. The third-order valence-electron chi connectivity index (χ3n) is 3.34. The molecule has 2 heteroatoms. The minimum absolute atomic E-state index is 1.03. The zero-order valence-corrected chi connectivity index (χ0v) is 10.8. The molecule has 0 unspecified atom stereocenters. The van der Waals surface area contributed by atoms with E-state index in [4.69, 9.17) is 0 Å². The molecule has 19 heavy (non-hydrogen) atoms. The number of aryl methyl sites for hydroxylation is 2. The van der Waals surface area contributed by atoms with Gasteiger partial charge in [-0.25, -0.2) is 0 Å². The number of hydrogen-bond acceptors (Lipinski definition) is 2. The normalized spacial score (nSPS) is 10.7. The third-order valence-corrected chi connectivity index (χ3v) is 3.34. The van der Waals surface area contributed by atoms with E-state index in [0.717, 1.165) is 24.8 Å². The van der Waals surface area contributed by atoms with Gasteiger partial charge in [0.15, 0.2) is 0 Å². The van der Waals surface area contributed by atoms with Crippen molar-refractivity contribution in [2.45, 2.75) is 19.3 Å². The van der Waals surface area contributed by atoms with Gasteiger partial charge < -0.3 is 0 Å². The number of pyridine rings is 2. The van der Waals surface area contributed by atoms with Crippen LogP contribution < -0.4 is 0 Å². The Bertz CT molecular complexity index is 657. The Balaban J connectivity index is 1.72. The van der Waals surface area contributed by atoms with Crippen molar-refractivity contribution in [3.05, 3.63) is 72.2 Å². The summed E-state index contributed by atoms with van der Waals surface area (Å²) >= 11 is 0. The summed E-state index contributed by atoms with van der Waals surface area (Å²) in [7, 11) is 0. The second-order valence-electron chi connectivity index (χ2n) is 4.66. The zero-order valence-electron chi connectivity index (χ0n) is 10.8. The van der Waals surface area contributed by atoms with Gasteiger partial charge in [0, 0.05) is 23.5 Å². The predicted molar refractivity (Wildman–Crippen MR) is 78.0 cm³/mol. The lowest BCUT2D eigenvalue weighted by atomic mass is 10.0. The molecule has 0 bridgehead atoms. The largest absolute Gasteiger partial charge is 0.261 e. The average Bonchev–Trinajstić information content (AvgIpc) is 2.49. The summed E-state index contributed by atoms with van der Waals surface area (Å²) in [4.78, 5) is 8.76. The minimum Gasteiger partial charge on any atom is -0.261 e. The summed E-state index contributed by atoms with van der Waals surface area (Å²) in [5.41, 5.74) is 3.63. The van der Waals surface area contributed by atoms with Crippen LogP contribution in [0.2, 0.25) is 0 Å². The number of hydrogen-bond donors (Lipinski definition) is 0. The SMILES string of the molecule is c1ccc(CCCc2ccnc3ccccc23)nc1. The molecule has 94 valence electrons. The Morgan fingerprint density at radius 2 is 1.63 bits per heavy atom.